The zero-order valence-corrected chi connectivity index (χ0v) is 16.0. The zero-order valence-electron chi connectivity index (χ0n) is 14.5. The molecule has 26 heavy (non-hydrogen) atoms. The first-order valence-corrected chi connectivity index (χ1v) is 9.03. The van der Waals surface area contributed by atoms with Crippen LogP contribution < -0.4 is 5.32 Å². The SMILES string of the molecule is CCCNC(=O)c1nc(-c2ccc(Cl)cc2)n(-c2ccc(C)c(Cl)c2)n1. The predicted octanol–water partition coefficient (Wildman–Crippen LogP) is 4.69. The smallest absolute Gasteiger partial charge is 0.290 e. The van der Waals surface area contributed by atoms with Crippen molar-refractivity contribution < 1.29 is 4.79 Å². The lowest BCUT2D eigenvalue weighted by Gasteiger charge is -2.07. The summed E-state index contributed by atoms with van der Waals surface area (Å²) in [5.74, 6) is 0.349. The van der Waals surface area contributed by atoms with Gasteiger partial charge in [-0.1, -0.05) is 36.2 Å². The summed E-state index contributed by atoms with van der Waals surface area (Å²) < 4.78 is 1.62. The molecule has 0 aliphatic carbocycles. The molecule has 0 aliphatic heterocycles. The Kier molecular flexibility index (Phi) is 5.59. The van der Waals surface area contributed by atoms with Crippen LogP contribution in [-0.2, 0) is 0 Å². The molecule has 134 valence electrons. The maximum absolute atomic E-state index is 12.3. The fourth-order valence-corrected chi connectivity index (χ4v) is 2.71. The molecule has 0 atom stereocenters. The molecule has 5 nitrogen and oxygen atoms in total. The Morgan fingerprint density at radius 1 is 1.15 bits per heavy atom. The number of nitrogens with one attached hydrogen (secondary N) is 1. The van der Waals surface area contributed by atoms with Crippen molar-refractivity contribution in [1.82, 2.24) is 20.1 Å². The number of halogens is 2. The molecule has 0 spiro atoms. The molecule has 2 aromatic carbocycles. The monoisotopic (exact) mass is 388 g/mol. The molecule has 0 fully saturated rings. The first-order chi connectivity index (χ1) is 12.5. The highest BCUT2D eigenvalue weighted by molar-refractivity contribution is 6.31. The summed E-state index contributed by atoms with van der Waals surface area (Å²) in [6.07, 6.45) is 0.837. The molecule has 0 aliphatic rings. The Hall–Kier alpha value is -2.37. The number of carbonyl (C=O) groups is 1. The number of rotatable bonds is 5. The molecule has 1 aromatic heterocycles. The van der Waals surface area contributed by atoms with Crippen LogP contribution in [0.15, 0.2) is 42.5 Å². The van der Waals surface area contributed by atoms with Gasteiger partial charge in [-0.25, -0.2) is 9.67 Å². The quantitative estimate of drug-likeness (QED) is 0.689. The van der Waals surface area contributed by atoms with Gasteiger partial charge >= 0.3 is 0 Å². The second-order valence-electron chi connectivity index (χ2n) is 5.87. The molecule has 3 aromatic rings. The summed E-state index contributed by atoms with van der Waals surface area (Å²) in [5.41, 5.74) is 2.49. The Morgan fingerprint density at radius 2 is 1.88 bits per heavy atom. The fraction of sp³-hybridized carbons (Fsp3) is 0.211. The van der Waals surface area contributed by atoms with Crippen LogP contribution >= 0.6 is 23.2 Å². The molecule has 7 heteroatoms. The number of hydrogen-bond acceptors (Lipinski definition) is 3. The van der Waals surface area contributed by atoms with Gasteiger partial charge in [0.2, 0.25) is 5.82 Å². The van der Waals surface area contributed by atoms with Crippen molar-refractivity contribution in [1.29, 1.82) is 0 Å². The van der Waals surface area contributed by atoms with E-state index in [1.165, 1.54) is 0 Å². The Morgan fingerprint density at radius 3 is 2.54 bits per heavy atom. The van der Waals surface area contributed by atoms with E-state index < -0.39 is 0 Å². The van der Waals surface area contributed by atoms with Crippen LogP contribution in [0.5, 0.6) is 0 Å². The average Bonchev–Trinajstić information content (AvgIpc) is 3.08. The lowest BCUT2D eigenvalue weighted by Crippen LogP contribution is -2.25. The highest BCUT2D eigenvalue weighted by atomic mass is 35.5. The first kappa shape index (κ1) is 18.4. The fourth-order valence-electron chi connectivity index (χ4n) is 2.41. The van der Waals surface area contributed by atoms with Gasteiger partial charge in [-0.15, -0.1) is 5.10 Å². The molecule has 0 saturated carbocycles. The van der Waals surface area contributed by atoms with Crippen LogP contribution in [0.4, 0.5) is 0 Å². The van der Waals surface area contributed by atoms with E-state index in [2.05, 4.69) is 15.4 Å². The molecule has 1 amide bonds. The summed E-state index contributed by atoms with van der Waals surface area (Å²) in [5, 5.41) is 8.45. The van der Waals surface area contributed by atoms with E-state index in [9.17, 15) is 4.79 Å². The van der Waals surface area contributed by atoms with Gasteiger partial charge in [-0.3, -0.25) is 4.79 Å². The predicted molar refractivity (Wildman–Crippen MR) is 104 cm³/mol. The zero-order chi connectivity index (χ0) is 18.7. The molecule has 0 bridgehead atoms. The number of nitrogens with zero attached hydrogens (tertiary/aromatic N) is 3. The normalized spacial score (nSPS) is 10.8. The number of aromatic nitrogens is 3. The van der Waals surface area contributed by atoms with Crippen molar-refractivity contribution in [2.24, 2.45) is 0 Å². The molecular weight excluding hydrogens is 371 g/mol. The van der Waals surface area contributed by atoms with Crippen molar-refractivity contribution in [3.8, 4) is 17.1 Å². The molecular formula is C19H18Cl2N4O. The number of carbonyl (C=O) groups excluding carboxylic acids is 1. The second kappa shape index (κ2) is 7.89. The van der Waals surface area contributed by atoms with Crippen LogP contribution in [0.3, 0.4) is 0 Å². The first-order valence-electron chi connectivity index (χ1n) is 8.27. The van der Waals surface area contributed by atoms with E-state index >= 15 is 0 Å². The largest absolute Gasteiger partial charge is 0.349 e. The summed E-state index contributed by atoms with van der Waals surface area (Å²) >= 11 is 12.2. The van der Waals surface area contributed by atoms with Crippen LogP contribution in [0.2, 0.25) is 10.0 Å². The molecule has 1 N–H and O–H groups in total. The Labute approximate surface area is 162 Å². The lowest BCUT2D eigenvalue weighted by molar-refractivity contribution is 0.0943. The van der Waals surface area contributed by atoms with E-state index in [4.69, 9.17) is 23.2 Å². The van der Waals surface area contributed by atoms with E-state index in [1.54, 1.807) is 22.9 Å². The van der Waals surface area contributed by atoms with Gasteiger partial charge in [0.15, 0.2) is 5.82 Å². The Bertz CT molecular complexity index is 935. The van der Waals surface area contributed by atoms with E-state index in [1.807, 2.05) is 38.1 Å². The van der Waals surface area contributed by atoms with Gasteiger partial charge in [-0.2, -0.15) is 0 Å². The van der Waals surface area contributed by atoms with Crippen LogP contribution in [0, 0.1) is 6.92 Å². The van der Waals surface area contributed by atoms with E-state index in [0.717, 1.165) is 23.2 Å². The van der Waals surface area contributed by atoms with Crippen molar-refractivity contribution in [2.45, 2.75) is 20.3 Å². The number of aryl methyl sites for hydroxylation is 1. The van der Waals surface area contributed by atoms with Crippen molar-refractivity contribution >= 4 is 29.1 Å². The number of amides is 1. The summed E-state index contributed by atoms with van der Waals surface area (Å²) in [7, 11) is 0. The molecule has 1 heterocycles. The third-order valence-corrected chi connectivity index (χ3v) is 4.51. The summed E-state index contributed by atoms with van der Waals surface area (Å²) in [6.45, 7) is 4.48. The van der Waals surface area contributed by atoms with Gasteiger partial charge in [0, 0.05) is 22.2 Å². The highest BCUT2D eigenvalue weighted by Crippen LogP contribution is 2.25. The van der Waals surface area contributed by atoms with Crippen molar-refractivity contribution in [3.05, 3.63) is 63.9 Å². The third kappa shape index (κ3) is 3.89. The minimum Gasteiger partial charge on any atom is -0.349 e. The molecule has 0 unspecified atom stereocenters. The van der Waals surface area contributed by atoms with Crippen molar-refractivity contribution in [3.63, 3.8) is 0 Å². The highest BCUT2D eigenvalue weighted by Gasteiger charge is 2.18. The average molecular weight is 389 g/mol. The number of hydrogen-bond donors (Lipinski definition) is 1. The topological polar surface area (TPSA) is 59.8 Å². The minimum absolute atomic E-state index is 0.111. The van der Waals surface area contributed by atoms with Gasteiger partial charge in [0.1, 0.15) is 0 Å². The van der Waals surface area contributed by atoms with E-state index in [0.29, 0.717) is 22.4 Å². The third-order valence-electron chi connectivity index (χ3n) is 3.85. The Balaban J connectivity index is 2.10. The standard InChI is InChI=1S/C19H18Cl2N4O/c1-3-10-22-19(26)17-23-18(13-5-7-14(20)8-6-13)25(24-17)15-9-4-12(2)16(21)11-15/h4-9,11H,3,10H2,1-2H3,(H,22,26). The molecule has 0 saturated heterocycles. The lowest BCUT2D eigenvalue weighted by atomic mass is 10.2. The number of benzene rings is 2. The van der Waals surface area contributed by atoms with Crippen LogP contribution in [-0.4, -0.2) is 27.2 Å². The van der Waals surface area contributed by atoms with Gasteiger partial charge in [0.25, 0.3) is 5.91 Å². The van der Waals surface area contributed by atoms with Crippen LogP contribution in [0.1, 0.15) is 29.5 Å². The maximum atomic E-state index is 12.3. The second-order valence-corrected chi connectivity index (χ2v) is 6.71. The van der Waals surface area contributed by atoms with Gasteiger partial charge < -0.3 is 5.32 Å². The van der Waals surface area contributed by atoms with Crippen molar-refractivity contribution in [2.75, 3.05) is 6.54 Å². The summed E-state index contributed by atoms with van der Waals surface area (Å²) in [6, 6.07) is 12.8. The van der Waals surface area contributed by atoms with Crippen LogP contribution in [0.25, 0.3) is 17.1 Å². The minimum atomic E-state index is -0.306. The van der Waals surface area contributed by atoms with Gasteiger partial charge in [-0.05, 0) is 55.3 Å². The van der Waals surface area contributed by atoms with E-state index in [-0.39, 0.29) is 11.7 Å². The van der Waals surface area contributed by atoms with Gasteiger partial charge in [0.05, 0.1) is 5.69 Å². The maximum Gasteiger partial charge on any atom is 0.290 e. The summed E-state index contributed by atoms with van der Waals surface area (Å²) in [4.78, 5) is 16.8. The molecule has 0 radical (unpaired) electrons. The molecule has 3 rings (SSSR count).